The zero-order chi connectivity index (χ0) is 15.6. The van der Waals surface area contributed by atoms with Crippen LogP contribution >= 0.6 is 0 Å². The fourth-order valence-corrected chi connectivity index (χ4v) is 2.99. The van der Waals surface area contributed by atoms with Crippen LogP contribution in [0.5, 0.6) is 0 Å². The van der Waals surface area contributed by atoms with Gasteiger partial charge in [0, 0.05) is 26.7 Å². The van der Waals surface area contributed by atoms with E-state index in [4.69, 9.17) is 5.73 Å². The number of rotatable bonds is 3. The lowest BCUT2D eigenvalue weighted by Gasteiger charge is -2.35. The van der Waals surface area contributed by atoms with Gasteiger partial charge in [-0.2, -0.15) is 0 Å². The molecular weight excluding hydrogens is 266 g/mol. The van der Waals surface area contributed by atoms with Gasteiger partial charge in [-0.15, -0.1) is 0 Å². The second kappa shape index (κ2) is 6.35. The van der Waals surface area contributed by atoms with Crippen molar-refractivity contribution in [1.29, 1.82) is 0 Å². The molecule has 1 aliphatic carbocycles. The van der Waals surface area contributed by atoms with Crippen molar-refractivity contribution in [2.24, 2.45) is 0 Å². The van der Waals surface area contributed by atoms with Crippen LogP contribution in [0.1, 0.15) is 36.0 Å². The van der Waals surface area contributed by atoms with Crippen LogP contribution in [0.15, 0.2) is 18.2 Å². The number of anilines is 2. The molecule has 21 heavy (non-hydrogen) atoms. The summed E-state index contributed by atoms with van der Waals surface area (Å²) < 4.78 is 0. The highest BCUT2D eigenvalue weighted by Gasteiger charge is 2.29. The molecule has 0 saturated heterocycles. The van der Waals surface area contributed by atoms with Crippen LogP contribution < -0.4 is 10.6 Å². The number of hydrogen-bond acceptors (Lipinski definition) is 4. The Morgan fingerprint density at radius 2 is 1.90 bits per heavy atom. The smallest absolute Gasteiger partial charge is 0.254 e. The van der Waals surface area contributed by atoms with E-state index in [1.165, 1.54) is 0 Å². The summed E-state index contributed by atoms with van der Waals surface area (Å²) in [5.74, 6) is -0.0852. The summed E-state index contributed by atoms with van der Waals surface area (Å²) in [4.78, 5) is 16.1. The molecule has 5 heteroatoms. The Balaban J connectivity index is 2.17. The van der Waals surface area contributed by atoms with Crippen LogP contribution in [0.25, 0.3) is 0 Å². The monoisotopic (exact) mass is 291 g/mol. The second-order valence-electron chi connectivity index (χ2n) is 6.00. The molecule has 0 aliphatic heterocycles. The number of aliphatic hydroxyl groups is 1. The first-order valence-electron chi connectivity index (χ1n) is 7.44. The zero-order valence-electron chi connectivity index (χ0n) is 13.0. The molecule has 0 aromatic heterocycles. The SMILES string of the molecule is CN(C)c1ccc(C(=O)N(C)C2CCCCC2O)cc1N. The van der Waals surface area contributed by atoms with Crippen molar-refractivity contribution in [2.45, 2.75) is 37.8 Å². The van der Waals surface area contributed by atoms with E-state index >= 15 is 0 Å². The van der Waals surface area contributed by atoms with Crippen LogP contribution in [-0.4, -0.2) is 49.2 Å². The Morgan fingerprint density at radius 3 is 2.48 bits per heavy atom. The first-order chi connectivity index (χ1) is 9.91. The highest BCUT2D eigenvalue weighted by Crippen LogP contribution is 2.26. The first-order valence-corrected chi connectivity index (χ1v) is 7.44. The molecule has 1 aromatic rings. The highest BCUT2D eigenvalue weighted by molar-refractivity contribution is 5.96. The largest absolute Gasteiger partial charge is 0.397 e. The van der Waals surface area contributed by atoms with Gasteiger partial charge >= 0.3 is 0 Å². The van der Waals surface area contributed by atoms with Gasteiger partial charge in [0.2, 0.25) is 0 Å². The Bertz CT molecular complexity index is 516. The first kappa shape index (κ1) is 15.6. The fraction of sp³-hybridized carbons (Fsp3) is 0.562. The summed E-state index contributed by atoms with van der Waals surface area (Å²) in [7, 11) is 5.59. The predicted molar refractivity (Wildman–Crippen MR) is 85.5 cm³/mol. The minimum Gasteiger partial charge on any atom is -0.397 e. The van der Waals surface area contributed by atoms with Crippen molar-refractivity contribution < 1.29 is 9.90 Å². The summed E-state index contributed by atoms with van der Waals surface area (Å²) in [6, 6.07) is 5.26. The van der Waals surface area contributed by atoms with Crippen molar-refractivity contribution in [3.63, 3.8) is 0 Å². The van der Waals surface area contributed by atoms with Crippen LogP contribution in [0.2, 0.25) is 0 Å². The average Bonchev–Trinajstić information content (AvgIpc) is 2.45. The van der Waals surface area contributed by atoms with E-state index in [9.17, 15) is 9.90 Å². The summed E-state index contributed by atoms with van der Waals surface area (Å²) in [5.41, 5.74) is 8.05. The predicted octanol–water partition coefficient (Wildman–Crippen LogP) is 1.71. The van der Waals surface area contributed by atoms with Gasteiger partial charge in [-0.05, 0) is 31.0 Å². The summed E-state index contributed by atoms with van der Waals surface area (Å²) in [5, 5.41) is 10.1. The molecular formula is C16H25N3O2. The normalized spacial score (nSPS) is 21.9. The van der Waals surface area contributed by atoms with E-state index in [1.54, 1.807) is 24.1 Å². The number of amides is 1. The van der Waals surface area contributed by atoms with Crippen molar-refractivity contribution in [2.75, 3.05) is 31.8 Å². The molecule has 0 bridgehead atoms. The van der Waals surface area contributed by atoms with Gasteiger partial charge < -0.3 is 20.6 Å². The van der Waals surface area contributed by atoms with Gasteiger partial charge in [-0.25, -0.2) is 0 Å². The highest BCUT2D eigenvalue weighted by atomic mass is 16.3. The summed E-state index contributed by atoms with van der Waals surface area (Å²) in [6.45, 7) is 0. The van der Waals surface area contributed by atoms with Gasteiger partial charge in [0.05, 0.1) is 23.5 Å². The molecule has 0 spiro atoms. The maximum absolute atomic E-state index is 12.6. The molecule has 1 aliphatic rings. The van der Waals surface area contributed by atoms with E-state index in [-0.39, 0.29) is 11.9 Å². The van der Waals surface area contributed by atoms with Gasteiger partial charge in [-0.3, -0.25) is 4.79 Å². The van der Waals surface area contributed by atoms with Gasteiger partial charge in [0.25, 0.3) is 5.91 Å². The van der Waals surface area contributed by atoms with Gasteiger partial charge in [0.15, 0.2) is 0 Å². The Kier molecular flexibility index (Phi) is 4.73. The van der Waals surface area contributed by atoms with E-state index in [0.29, 0.717) is 11.3 Å². The maximum Gasteiger partial charge on any atom is 0.254 e. The number of likely N-dealkylation sites (N-methyl/N-ethyl adjacent to an activating group) is 1. The van der Waals surface area contributed by atoms with Crippen LogP contribution in [-0.2, 0) is 0 Å². The second-order valence-corrected chi connectivity index (χ2v) is 6.00. The minimum absolute atomic E-state index is 0.0852. The number of nitrogens with two attached hydrogens (primary N) is 1. The molecule has 3 N–H and O–H groups in total. The average molecular weight is 291 g/mol. The number of carbonyl (C=O) groups excluding carboxylic acids is 1. The lowest BCUT2D eigenvalue weighted by atomic mass is 9.91. The molecule has 0 radical (unpaired) electrons. The molecule has 0 heterocycles. The Labute approximate surface area is 126 Å². The third kappa shape index (κ3) is 3.29. The number of aliphatic hydroxyl groups excluding tert-OH is 1. The molecule has 1 aromatic carbocycles. The molecule has 1 amide bonds. The standard InChI is InChI=1S/C16H25N3O2/c1-18(2)13-9-8-11(10-12(13)17)16(21)19(3)14-6-4-5-7-15(14)20/h8-10,14-15,20H,4-7,17H2,1-3H3. The number of nitrogens with zero attached hydrogens (tertiary/aromatic N) is 2. The zero-order valence-corrected chi connectivity index (χ0v) is 13.0. The molecule has 2 atom stereocenters. The number of carbonyl (C=O) groups is 1. The quantitative estimate of drug-likeness (QED) is 0.832. The topological polar surface area (TPSA) is 69.8 Å². The Morgan fingerprint density at radius 1 is 1.24 bits per heavy atom. The molecule has 2 unspecified atom stereocenters. The third-order valence-electron chi connectivity index (χ3n) is 4.27. The summed E-state index contributed by atoms with van der Waals surface area (Å²) in [6.07, 6.45) is 3.29. The minimum atomic E-state index is -0.425. The van der Waals surface area contributed by atoms with E-state index in [2.05, 4.69) is 0 Å². The van der Waals surface area contributed by atoms with Crippen molar-refractivity contribution in [3.05, 3.63) is 23.8 Å². The summed E-state index contributed by atoms with van der Waals surface area (Å²) >= 11 is 0. The van der Waals surface area contributed by atoms with Crippen molar-refractivity contribution in [3.8, 4) is 0 Å². The van der Waals surface area contributed by atoms with Crippen LogP contribution in [0.4, 0.5) is 11.4 Å². The Hall–Kier alpha value is -1.75. The van der Waals surface area contributed by atoms with Crippen molar-refractivity contribution >= 4 is 17.3 Å². The number of nitrogen functional groups attached to an aromatic ring is 1. The van der Waals surface area contributed by atoms with Crippen LogP contribution in [0.3, 0.4) is 0 Å². The van der Waals surface area contributed by atoms with Crippen molar-refractivity contribution in [1.82, 2.24) is 4.90 Å². The molecule has 2 rings (SSSR count). The van der Waals surface area contributed by atoms with E-state index in [0.717, 1.165) is 31.4 Å². The van der Waals surface area contributed by atoms with E-state index < -0.39 is 6.10 Å². The maximum atomic E-state index is 12.6. The lowest BCUT2D eigenvalue weighted by molar-refractivity contribution is 0.0268. The third-order valence-corrected chi connectivity index (χ3v) is 4.27. The van der Waals surface area contributed by atoms with E-state index in [1.807, 2.05) is 25.1 Å². The lowest BCUT2D eigenvalue weighted by Crippen LogP contribution is -2.46. The number of benzene rings is 1. The molecule has 1 fully saturated rings. The molecule has 1 saturated carbocycles. The number of hydrogen-bond donors (Lipinski definition) is 2. The van der Waals surface area contributed by atoms with Gasteiger partial charge in [-0.1, -0.05) is 12.8 Å². The van der Waals surface area contributed by atoms with Crippen LogP contribution in [0, 0.1) is 0 Å². The molecule has 116 valence electrons. The molecule has 5 nitrogen and oxygen atoms in total. The fourth-order valence-electron chi connectivity index (χ4n) is 2.99. The van der Waals surface area contributed by atoms with Gasteiger partial charge in [0.1, 0.15) is 0 Å².